The van der Waals surface area contributed by atoms with Gasteiger partial charge in [0.1, 0.15) is 6.10 Å². The summed E-state index contributed by atoms with van der Waals surface area (Å²) in [6.45, 7) is 4.23. The maximum Gasteiger partial charge on any atom is 0.183 e. The summed E-state index contributed by atoms with van der Waals surface area (Å²) in [5, 5.41) is 9.38. The summed E-state index contributed by atoms with van der Waals surface area (Å²) < 4.78 is 16.1. The van der Waals surface area contributed by atoms with E-state index >= 15 is 0 Å². The summed E-state index contributed by atoms with van der Waals surface area (Å²) in [5.74, 6) is -0.579. The van der Waals surface area contributed by atoms with Crippen molar-refractivity contribution in [2.45, 2.75) is 44.6 Å². The molecule has 2 aliphatic heterocycles. The predicted octanol–water partition coefficient (Wildman–Crippen LogP) is 0.245. The maximum absolute atomic E-state index is 9.38. The Bertz CT molecular complexity index is 180. The Labute approximate surface area is 71.4 Å². The first-order chi connectivity index (χ1) is 5.58. The van der Waals surface area contributed by atoms with Crippen LogP contribution in [0.25, 0.3) is 0 Å². The molecule has 1 N–H and O–H groups in total. The standard InChI is InChI=1S/C8H14O4/c1-8(2)11-5-3-4-10-7(9)6(5)12-8/h5-7,9H,3-4H2,1-2H3/t5-,6-,7?/m0/s1. The number of ether oxygens (including phenoxy) is 3. The van der Waals surface area contributed by atoms with Gasteiger partial charge in [0, 0.05) is 0 Å². The zero-order valence-corrected chi connectivity index (χ0v) is 7.32. The minimum Gasteiger partial charge on any atom is -0.366 e. The fraction of sp³-hybridized carbons (Fsp3) is 1.00. The lowest BCUT2D eigenvalue weighted by Gasteiger charge is -2.27. The van der Waals surface area contributed by atoms with E-state index in [1.807, 2.05) is 13.8 Å². The molecule has 4 heteroatoms. The van der Waals surface area contributed by atoms with Crippen molar-refractivity contribution in [3.05, 3.63) is 0 Å². The molecule has 0 aromatic rings. The van der Waals surface area contributed by atoms with E-state index in [4.69, 9.17) is 14.2 Å². The van der Waals surface area contributed by atoms with Crippen molar-refractivity contribution in [1.82, 2.24) is 0 Å². The molecule has 12 heavy (non-hydrogen) atoms. The first kappa shape index (κ1) is 8.44. The molecule has 0 aromatic heterocycles. The summed E-state index contributed by atoms with van der Waals surface area (Å²) >= 11 is 0. The lowest BCUT2D eigenvalue weighted by molar-refractivity contribution is -0.206. The van der Waals surface area contributed by atoms with E-state index in [0.717, 1.165) is 6.42 Å². The largest absolute Gasteiger partial charge is 0.366 e. The van der Waals surface area contributed by atoms with Crippen LogP contribution in [0.2, 0.25) is 0 Å². The summed E-state index contributed by atoms with van der Waals surface area (Å²) in [7, 11) is 0. The van der Waals surface area contributed by atoms with Crippen LogP contribution in [0.4, 0.5) is 0 Å². The van der Waals surface area contributed by atoms with Gasteiger partial charge >= 0.3 is 0 Å². The van der Waals surface area contributed by atoms with Gasteiger partial charge in [-0.1, -0.05) is 0 Å². The van der Waals surface area contributed by atoms with Crippen LogP contribution in [0.15, 0.2) is 0 Å². The first-order valence-electron chi connectivity index (χ1n) is 4.24. The third kappa shape index (κ3) is 1.35. The van der Waals surface area contributed by atoms with Gasteiger partial charge in [-0.05, 0) is 20.3 Å². The van der Waals surface area contributed by atoms with E-state index in [1.165, 1.54) is 0 Å². The van der Waals surface area contributed by atoms with Gasteiger partial charge in [-0.15, -0.1) is 0 Å². The van der Waals surface area contributed by atoms with Crippen LogP contribution in [-0.4, -0.2) is 36.0 Å². The van der Waals surface area contributed by atoms with Crippen LogP contribution in [0.3, 0.4) is 0 Å². The molecule has 70 valence electrons. The Kier molecular flexibility index (Phi) is 1.88. The zero-order chi connectivity index (χ0) is 8.77. The molecule has 2 fully saturated rings. The number of hydrogen-bond acceptors (Lipinski definition) is 4. The highest BCUT2D eigenvalue weighted by molar-refractivity contribution is 4.85. The Hall–Kier alpha value is -0.160. The van der Waals surface area contributed by atoms with Crippen LogP contribution in [0.5, 0.6) is 0 Å². The smallest absolute Gasteiger partial charge is 0.183 e. The van der Waals surface area contributed by atoms with E-state index in [9.17, 15) is 5.11 Å². The van der Waals surface area contributed by atoms with Gasteiger partial charge in [-0.25, -0.2) is 0 Å². The molecule has 1 unspecified atom stereocenters. The highest BCUT2D eigenvalue weighted by atomic mass is 16.8. The van der Waals surface area contributed by atoms with Crippen molar-refractivity contribution in [2.24, 2.45) is 0 Å². The topological polar surface area (TPSA) is 47.9 Å². The summed E-state index contributed by atoms with van der Waals surface area (Å²) in [5.41, 5.74) is 0. The summed E-state index contributed by atoms with van der Waals surface area (Å²) in [4.78, 5) is 0. The summed E-state index contributed by atoms with van der Waals surface area (Å²) in [6.07, 6.45) is -0.353. The molecular weight excluding hydrogens is 160 g/mol. The van der Waals surface area contributed by atoms with E-state index < -0.39 is 12.1 Å². The first-order valence-corrected chi connectivity index (χ1v) is 4.24. The van der Waals surface area contributed by atoms with Crippen molar-refractivity contribution < 1.29 is 19.3 Å². The lowest BCUT2D eigenvalue weighted by Crippen LogP contribution is -2.42. The molecule has 2 heterocycles. The number of hydrogen-bond donors (Lipinski definition) is 1. The van der Waals surface area contributed by atoms with Gasteiger partial charge in [-0.3, -0.25) is 0 Å². The number of aliphatic hydroxyl groups excluding tert-OH is 1. The highest BCUT2D eigenvalue weighted by Gasteiger charge is 2.47. The minimum absolute atomic E-state index is 0.0104. The normalized spacial score (nSPS) is 45.8. The van der Waals surface area contributed by atoms with Crippen molar-refractivity contribution >= 4 is 0 Å². The van der Waals surface area contributed by atoms with Gasteiger partial charge in [0.15, 0.2) is 12.1 Å². The fourth-order valence-electron chi connectivity index (χ4n) is 1.73. The van der Waals surface area contributed by atoms with Gasteiger partial charge < -0.3 is 19.3 Å². The molecule has 0 spiro atoms. The molecule has 0 amide bonds. The van der Waals surface area contributed by atoms with Crippen LogP contribution in [0.1, 0.15) is 20.3 Å². The molecule has 0 aromatic carbocycles. The van der Waals surface area contributed by atoms with E-state index in [1.54, 1.807) is 0 Å². The fourth-order valence-corrected chi connectivity index (χ4v) is 1.73. The van der Waals surface area contributed by atoms with Gasteiger partial charge in [-0.2, -0.15) is 0 Å². The third-order valence-corrected chi connectivity index (χ3v) is 2.19. The number of aliphatic hydroxyl groups is 1. The SMILES string of the molecule is CC1(C)O[C@H]2CCOC(O)[C@H]2O1. The Morgan fingerprint density at radius 2 is 2.08 bits per heavy atom. The van der Waals surface area contributed by atoms with Crippen LogP contribution >= 0.6 is 0 Å². The van der Waals surface area contributed by atoms with E-state index in [2.05, 4.69) is 0 Å². The minimum atomic E-state index is -0.828. The molecule has 0 saturated carbocycles. The molecule has 0 radical (unpaired) electrons. The second-order valence-electron chi connectivity index (χ2n) is 3.69. The van der Waals surface area contributed by atoms with Crippen LogP contribution < -0.4 is 0 Å². The molecule has 2 aliphatic rings. The van der Waals surface area contributed by atoms with Crippen molar-refractivity contribution in [2.75, 3.05) is 6.61 Å². The second-order valence-corrected chi connectivity index (χ2v) is 3.69. The van der Waals surface area contributed by atoms with Crippen LogP contribution in [-0.2, 0) is 14.2 Å². The van der Waals surface area contributed by atoms with Crippen LogP contribution in [0, 0.1) is 0 Å². The highest BCUT2D eigenvalue weighted by Crippen LogP contribution is 2.34. The third-order valence-electron chi connectivity index (χ3n) is 2.19. The van der Waals surface area contributed by atoms with E-state index in [-0.39, 0.29) is 12.2 Å². The number of rotatable bonds is 0. The summed E-state index contributed by atoms with van der Waals surface area (Å²) in [6, 6.07) is 0. The van der Waals surface area contributed by atoms with E-state index in [0.29, 0.717) is 6.61 Å². The van der Waals surface area contributed by atoms with Gasteiger partial charge in [0.25, 0.3) is 0 Å². The Balaban J connectivity index is 2.09. The quantitative estimate of drug-likeness (QED) is 0.571. The average molecular weight is 174 g/mol. The predicted molar refractivity (Wildman–Crippen MR) is 40.4 cm³/mol. The maximum atomic E-state index is 9.38. The van der Waals surface area contributed by atoms with Gasteiger partial charge in [0.05, 0.1) is 12.7 Å². The Morgan fingerprint density at radius 1 is 1.33 bits per heavy atom. The molecule has 2 saturated heterocycles. The second kappa shape index (κ2) is 2.67. The van der Waals surface area contributed by atoms with Crippen molar-refractivity contribution in [1.29, 1.82) is 0 Å². The monoisotopic (exact) mass is 174 g/mol. The van der Waals surface area contributed by atoms with Gasteiger partial charge in [0.2, 0.25) is 0 Å². The molecule has 4 nitrogen and oxygen atoms in total. The molecular formula is C8H14O4. The number of fused-ring (bicyclic) bond motifs is 1. The Morgan fingerprint density at radius 3 is 2.75 bits per heavy atom. The van der Waals surface area contributed by atoms with Crippen molar-refractivity contribution in [3.8, 4) is 0 Å². The molecule has 2 rings (SSSR count). The van der Waals surface area contributed by atoms with Crippen molar-refractivity contribution in [3.63, 3.8) is 0 Å². The zero-order valence-electron chi connectivity index (χ0n) is 7.32. The molecule has 0 aliphatic carbocycles. The average Bonchev–Trinajstić information content (AvgIpc) is 2.25. The molecule has 0 bridgehead atoms. The lowest BCUT2D eigenvalue weighted by atomic mass is 10.1. The molecule has 3 atom stereocenters.